The van der Waals surface area contributed by atoms with E-state index < -0.39 is 36.8 Å². The minimum atomic E-state index is -2.30. The van der Waals surface area contributed by atoms with Crippen LogP contribution in [0.4, 0.5) is 0 Å². The predicted molar refractivity (Wildman–Crippen MR) is 86.4 cm³/mol. The van der Waals surface area contributed by atoms with E-state index >= 15 is 0 Å². The van der Waals surface area contributed by atoms with Crippen LogP contribution in [0.25, 0.3) is 0 Å². The normalized spacial score (nSPS) is 18.9. The first kappa shape index (κ1) is 13.0. The summed E-state index contributed by atoms with van der Waals surface area (Å²) in [5.74, 6) is 0. The van der Waals surface area contributed by atoms with Crippen molar-refractivity contribution in [2.75, 3.05) is 0 Å². The summed E-state index contributed by atoms with van der Waals surface area (Å²) in [6.45, 7) is 0. The fourth-order valence-electron chi connectivity index (χ4n) is 3.44. The summed E-state index contributed by atoms with van der Waals surface area (Å²) in [6.07, 6.45) is 0. The summed E-state index contributed by atoms with van der Waals surface area (Å²) in [6, 6.07) is 18.7. The summed E-state index contributed by atoms with van der Waals surface area (Å²) in [5.41, 5.74) is 0. The van der Waals surface area contributed by atoms with Gasteiger partial charge in [0, 0.05) is 0 Å². The standard InChI is InChI=1S/2C6H4.4CH3.2Sn/c2*1-2-4-6-5-3-1;;;;;;/h2*1-4H;4*1H3;;. The van der Waals surface area contributed by atoms with E-state index in [0.717, 1.165) is 0 Å². The van der Waals surface area contributed by atoms with Crippen molar-refractivity contribution in [3.8, 4) is 0 Å². The van der Waals surface area contributed by atoms with Crippen LogP contribution in [0.1, 0.15) is 0 Å². The maximum absolute atomic E-state index is 2.58. The molecule has 18 heavy (non-hydrogen) atoms. The molecule has 92 valence electrons. The molecule has 0 radical (unpaired) electrons. The molecular weight excluding hydrogens is 430 g/mol. The summed E-state index contributed by atoms with van der Waals surface area (Å²) in [7, 11) is 0. The number of hydrogen-bond donors (Lipinski definition) is 0. The average molecular weight is 450 g/mol. The van der Waals surface area contributed by atoms with Crippen LogP contribution in [0, 0.1) is 0 Å². The molecule has 0 saturated heterocycles. The van der Waals surface area contributed by atoms with Crippen LogP contribution in [-0.4, -0.2) is 36.8 Å². The molecule has 0 spiro atoms. The molecular formula is C16H20Sn2. The monoisotopic (exact) mass is 452 g/mol. The first-order valence-electron chi connectivity index (χ1n) is 6.65. The van der Waals surface area contributed by atoms with E-state index in [1.165, 1.54) is 0 Å². The van der Waals surface area contributed by atoms with E-state index in [9.17, 15) is 0 Å². The average Bonchev–Trinajstić information content (AvgIpc) is 2.37. The van der Waals surface area contributed by atoms with E-state index in [1.807, 2.05) is 0 Å². The molecule has 1 aliphatic rings. The molecule has 0 saturated carbocycles. The first-order chi connectivity index (χ1) is 8.45. The van der Waals surface area contributed by atoms with Crippen LogP contribution in [0.2, 0.25) is 19.8 Å². The van der Waals surface area contributed by atoms with E-state index in [4.69, 9.17) is 0 Å². The number of fused-ring (bicyclic) bond motifs is 2. The Bertz CT molecular complexity index is 506. The van der Waals surface area contributed by atoms with Gasteiger partial charge in [-0.25, -0.2) is 0 Å². The molecule has 0 bridgehead atoms. The molecule has 2 aromatic rings. The predicted octanol–water partition coefficient (Wildman–Crippen LogP) is 1.65. The van der Waals surface area contributed by atoms with Crippen LogP contribution < -0.4 is 14.3 Å². The molecule has 0 aliphatic carbocycles. The molecule has 0 N–H and O–H groups in total. The Labute approximate surface area is 118 Å². The molecule has 0 aromatic heterocycles. The third kappa shape index (κ3) is 1.71. The zero-order chi connectivity index (χ0) is 13.0. The molecule has 3 rings (SSSR count). The molecule has 0 fully saturated rings. The van der Waals surface area contributed by atoms with Crippen molar-refractivity contribution in [1.29, 1.82) is 0 Å². The summed E-state index contributed by atoms with van der Waals surface area (Å²) in [5, 5.41) is 0. The van der Waals surface area contributed by atoms with Gasteiger partial charge < -0.3 is 0 Å². The van der Waals surface area contributed by atoms with E-state index in [1.54, 1.807) is 14.3 Å². The van der Waals surface area contributed by atoms with Gasteiger partial charge in [-0.1, -0.05) is 0 Å². The van der Waals surface area contributed by atoms with Crippen molar-refractivity contribution in [2.24, 2.45) is 0 Å². The van der Waals surface area contributed by atoms with Crippen LogP contribution in [-0.2, 0) is 0 Å². The van der Waals surface area contributed by atoms with Gasteiger partial charge in [-0.2, -0.15) is 0 Å². The summed E-state index contributed by atoms with van der Waals surface area (Å²) in [4.78, 5) is 10.3. The Kier molecular flexibility index (Phi) is 3.09. The second kappa shape index (κ2) is 4.27. The number of rotatable bonds is 0. The van der Waals surface area contributed by atoms with Gasteiger partial charge in [0.1, 0.15) is 0 Å². The van der Waals surface area contributed by atoms with Gasteiger partial charge in [-0.15, -0.1) is 0 Å². The van der Waals surface area contributed by atoms with Gasteiger partial charge in [-0.05, 0) is 0 Å². The van der Waals surface area contributed by atoms with Gasteiger partial charge in [0.05, 0.1) is 0 Å². The molecule has 0 atom stereocenters. The Balaban J connectivity index is 2.41. The van der Waals surface area contributed by atoms with Gasteiger partial charge in [0.15, 0.2) is 0 Å². The molecule has 0 amide bonds. The fraction of sp³-hybridized carbons (Fsp3) is 0.250. The Morgan fingerprint density at radius 2 is 0.722 bits per heavy atom. The van der Waals surface area contributed by atoms with Gasteiger partial charge in [0.2, 0.25) is 0 Å². The molecule has 2 heteroatoms. The Hall–Kier alpha value is 0.0374. The van der Waals surface area contributed by atoms with E-state index in [-0.39, 0.29) is 0 Å². The second-order valence-electron chi connectivity index (χ2n) is 6.34. The quantitative estimate of drug-likeness (QED) is 0.537. The first-order valence-corrected chi connectivity index (χ1v) is 23.8. The molecule has 0 nitrogen and oxygen atoms in total. The molecule has 0 unspecified atom stereocenters. The van der Waals surface area contributed by atoms with Crippen molar-refractivity contribution in [2.45, 2.75) is 19.8 Å². The molecule has 1 heterocycles. The van der Waals surface area contributed by atoms with Crippen molar-refractivity contribution in [1.82, 2.24) is 0 Å². The van der Waals surface area contributed by atoms with Crippen molar-refractivity contribution < 1.29 is 0 Å². The van der Waals surface area contributed by atoms with Gasteiger partial charge in [0.25, 0.3) is 0 Å². The van der Waals surface area contributed by atoms with Crippen LogP contribution in [0.3, 0.4) is 0 Å². The SMILES string of the molecule is [CH3][Sn]1([CH3])[c]2cccc[c]2[Sn]([CH3])([CH3])[c]2cccc[c]21. The molecule has 2 aromatic carbocycles. The minimum absolute atomic E-state index is 1.77. The Morgan fingerprint density at radius 1 is 0.500 bits per heavy atom. The third-order valence-electron chi connectivity index (χ3n) is 4.55. The van der Waals surface area contributed by atoms with Gasteiger partial charge in [-0.3, -0.25) is 0 Å². The summed E-state index contributed by atoms with van der Waals surface area (Å²) < 4.78 is 7.08. The maximum atomic E-state index is 2.58. The third-order valence-corrected chi connectivity index (χ3v) is 29.0. The zero-order valence-corrected chi connectivity index (χ0v) is 17.3. The zero-order valence-electron chi connectivity index (χ0n) is 11.6. The van der Waals surface area contributed by atoms with Gasteiger partial charge >= 0.3 is 119 Å². The van der Waals surface area contributed by atoms with E-state index in [2.05, 4.69) is 68.3 Å². The van der Waals surface area contributed by atoms with Crippen molar-refractivity contribution >= 4 is 51.1 Å². The van der Waals surface area contributed by atoms with Crippen molar-refractivity contribution in [3.05, 3.63) is 48.5 Å². The fourth-order valence-corrected chi connectivity index (χ4v) is 43.5. The van der Waals surface area contributed by atoms with Crippen LogP contribution in [0.15, 0.2) is 48.5 Å². The van der Waals surface area contributed by atoms with Crippen LogP contribution >= 0.6 is 0 Å². The Morgan fingerprint density at radius 3 is 0.944 bits per heavy atom. The molecule has 1 aliphatic heterocycles. The summed E-state index contributed by atoms with van der Waals surface area (Å²) >= 11 is -4.60. The van der Waals surface area contributed by atoms with Crippen LogP contribution in [0.5, 0.6) is 0 Å². The second-order valence-corrected chi connectivity index (χ2v) is 31.0. The topological polar surface area (TPSA) is 0 Å². The number of hydrogen-bond acceptors (Lipinski definition) is 0. The number of benzene rings is 2. The van der Waals surface area contributed by atoms with E-state index in [0.29, 0.717) is 0 Å². The van der Waals surface area contributed by atoms with Crippen molar-refractivity contribution in [3.63, 3.8) is 0 Å².